The van der Waals surface area contributed by atoms with Crippen molar-refractivity contribution in [2.75, 3.05) is 18.1 Å². The van der Waals surface area contributed by atoms with Crippen molar-refractivity contribution in [2.24, 2.45) is 0 Å². The number of carboxylic acid groups (broad SMARTS) is 1. The van der Waals surface area contributed by atoms with E-state index in [1.807, 2.05) is 0 Å². The van der Waals surface area contributed by atoms with Crippen LogP contribution in [0.4, 0.5) is 4.39 Å². The smallest absolute Gasteiger partial charge is 0.313 e. The molecule has 1 amide bonds. The Morgan fingerprint density at radius 3 is 2.72 bits per heavy atom. The molecule has 18 heavy (non-hydrogen) atoms. The molecule has 1 aromatic carbocycles. The molecule has 4 nitrogen and oxygen atoms in total. The van der Waals surface area contributed by atoms with Crippen LogP contribution in [-0.4, -0.2) is 35.0 Å². The van der Waals surface area contributed by atoms with Crippen LogP contribution >= 0.6 is 11.8 Å². The highest BCUT2D eigenvalue weighted by Crippen LogP contribution is 2.06. The van der Waals surface area contributed by atoms with Crippen LogP contribution in [0, 0.1) is 5.82 Å². The number of carboxylic acids is 1. The first-order valence-electron chi connectivity index (χ1n) is 5.39. The molecule has 0 aliphatic rings. The Bertz CT molecular complexity index is 426. The predicted molar refractivity (Wildman–Crippen MR) is 68.1 cm³/mol. The second kappa shape index (κ2) is 7.71. The van der Waals surface area contributed by atoms with E-state index in [4.69, 9.17) is 5.11 Å². The predicted octanol–water partition coefficient (Wildman–Crippen LogP) is 1.30. The van der Waals surface area contributed by atoms with Crippen LogP contribution in [0.3, 0.4) is 0 Å². The van der Waals surface area contributed by atoms with Gasteiger partial charge in [0.25, 0.3) is 0 Å². The van der Waals surface area contributed by atoms with Gasteiger partial charge in [0.15, 0.2) is 0 Å². The highest BCUT2D eigenvalue weighted by molar-refractivity contribution is 7.99. The molecule has 0 aromatic heterocycles. The lowest BCUT2D eigenvalue weighted by Gasteiger charge is -2.05. The second-order valence-electron chi connectivity index (χ2n) is 3.56. The van der Waals surface area contributed by atoms with E-state index in [9.17, 15) is 14.0 Å². The summed E-state index contributed by atoms with van der Waals surface area (Å²) in [5.41, 5.74) is 0.355. The van der Waals surface area contributed by atoms with Gasteiger partial charge in [-0.05, 0) is 11.6 Å². The Labute approximate surface area is 109 Å². The summed E-state index contributed by atoms with van der Waals surface area (Å²) in [6, 6.07) is 6.12. The van der Waals surface area contributed by atoms with Crippen molar-refractivity contribution < 1.29 is 19.1 Å². The van der Waals surface area contributed by atoms with Crippen LogP contribution in [-0.2, 0) is 16.0 Å². The van der Waals surface area contributed by atoms with Gasteiger partial charge in [-0.15, -0.1) is 11.8 Å². The summed E-state index contributed by atoms with van der Waals surface area (Å²) in [6.07, 6.45) is -0.00370. The molecule has 0 saturated carbocycles. The van der Waals surface area contributed by atoms with Crippen molar-refractivity contribution in [3.8, 4) is 0 Å². The van der Waals surface area contributed by atoms with Gasteiger partial charge in [-0.3, -0.25) is 9.59 Å². The molecule has 0 atom stereocenters. The zero-order valence-electron chi connectivity index (χ0n) is 9.69. The standard InChI is InChI=1S/C12H14FNO3S/c13-10-4-2-1-3-9(10)7-11(15)14-5-6-18-8-12(16)17/h1-4H,5-8H2,(H,14,15)(H,16,17). The molecule has 1 rings (SSSR count). The zero-order chi connectivity index (χ0) is 13.4. The van der Waals surface area contributed by atoms with E-state index in [2.05, 4.69) is 5.32 Å². The van der Waals surface area contributed by atoms with Crippen molar-refractivity contribution in [3.05, 3.63) is 35.6 Å². The molecule has 0 heterocycles. The third-order valence-corrected chi connectivity index (χ3v) is 3.05. The van der Waals surface area contributed by atoms with Gasteiger partial charge in [0.1, 0.15) is 5.82 Å². The Morgan fingerprint density at radius 1 is 1.33 bits per heavy atom. The lowest BCUT2D eigenvalue weighted by Crippen LogP contribution is -2.27. The number of nitrogens with one attached hydrogen (secondary N) is 1. The molecule has 6 heteroatoms. The van der Waals surface area contributed by atoms with E-state index in [1.165, 1.54) is 17.8 Å². The lowest BCUT2D eigenvalue weighted by atomic mass is 10.1. The molecule has 0 bridgehead atoms. The van der Waals surface area contributed by atoms with Crippen LogP contribution in [0.1, 0.15) is 5.56 Å². The summed E-state index contributed by atoms with van der Waals surface area (Å²) in [5.74, 6) is -1.00. The maximum atomic E-state index is 13.2. The molecule has 0 unspecified atom stereocenters. The van der Waals surface area contributed by atoms with Gasteiger partial charge in [-0.25, -0.2) is 4.39 Å². The van der Waals surface area contributed by atoms with E-state index in [1.54, 1.807) is 18.2 Å². The maximum Gasteiger partial charge on any atom is 0.313 e. The van der Waals surface area contributed by atoms with Crippen LogP contribution in [0.2, 0.25) is 0 Å². The number of hydrogen-bond donors (Lipinski definition) is 2. The fourth-order valence-electron chi connectivity index (χ4n) is 1.30. The Kier molecular flexibility index (Phi) is 6.21. The van der Waals surface area contributed by atoms with Gasteiger partial charge >= 0.3 is 5.97 Å². The number of carbonyl (C=O) groups excluding carboxylic acids is 1. The van der Waals surface area contributed by atoms with E-state index in [-0.39, 0.29) is 18.1 Å². The van der Waals surface area contributed by atoms with Crippen molar-refractivity contribution in [2.45, 2.75) is 6.42 Å². The van der Waals surface area contributed by atoms with Crippen LogP contribution in [0.15, 0.2) is 24.3 Å². The Balaban J connectivity index is 2.22. The SMILES string of the molecule is O=C(O)CSCCNC(=O)Cc1ccccc1F. The summed E-state index contributed by atoms with van der Waals surface area (Å²) in [5, 5.41) is 11.0. The van der Waals surface area contributed by atoms with Crippen LogP contribution in [0.5, 0.6) is 0 Å². The summed E-state index contributed by atoms with van der Waals surface area (Å²) >= 11 is 1.22. The van der Waals surface area contributed by atoms with Gasteiger partial charge in [0.2, 0.25) is 5.91 Å². The monoisotopic (exact) mass is 271 g/mol. The quantitative estimate of drug-likeness (QED) is 0.734. The maximum absolute atomic E-state index is 13.2. The zero-order valence-corrected chi connectivity index (χ0v) is 10.5. The van der Waals surface area contributed by atoms with Gasteiger partial charge in [-0.2, -0.15) is 0 Å². The minimum atomic E-state index is -0.877. The average molecular weight is 271 g/mol. The summed E-state index contributed by atoms with van der Waals surface area (Å²) in [6.45, 7) is 0.380. The van der Waals surface area contributed by atoms with Crippen molar-refractivity contribution >= 4 is 23.6 Å². The Morgan fingerprint density at radius 2 is 2.06 bits per heavy atom. The van der Waals surface area contributed by atoms with Crippen molar-refractivity contribution in [3.63, 3.8) is 0 Å². The minimum Gasteiger partial charge on any atom is -0.481 e. The normalized spacial score (nSPS) is 10.1. The average Bonchev–Trinajstić information content (AvgIpc) is 2.31. The topological polar surface area (TPSA) is 66.4 Å². The first-order chi connectivity index (χ1) is 8.59. The molecule has 2 N–H and O–H groups in total. The summed E-state index contributed by atoms with van der Waals surface area (Å²) in [4.78, 5) is 21.7. The van der Waals surface area contributed by atoms with Crippen LogP contribution < -0.4 is 5.32 Å². The van der Waals surface area contributed by atoms with E-state index >= 15 is 0 Å². The highest BCUT2D eigenvalue weighted by atomic mass is 32.2. The molecular formula is C12H14FNO3S. The number of rotatable bonds is 7. The molecule has 0 radical (unpaired) electrons. The van der Waals surface area contributed by atoms with Gasteiger partial charge < -0.3 is 10.4 Å². The number of benzene rings is 1. The lowest BCUT2D eigenvalue weighted by molar-refractivity contribution is -0.133. The minimum absolute atomic E-state index is 0.00370. The van der Waals surface area contributed by atoms with E-state index < -0.39 is 11.8 Å². The first-order valence-corrected chi connectivity index (χ1v) is 6.54. The fourth-order valence-corrected chi connectivity index (χ4v) is 1.86. The van der Waals surface area contributed by atoms with Crippen LogP contribution in [0.25, 0.3) is 0 Å². The number of hydrogen-bond acceptors (Lipinski definition) is 3. The molecule has 98 valence electrons. The van der Waals surface area contributed by atoms with Crippen molar-refractivity contribution in [1.82, 2.24) is 5.32 Å². The third-order valence-electron chi connectivity index (χ3n) is 2.10. The summed E-state index contributed by atoms with van der Waals surface area (Å²) in [7, 11) is 0. The third kappa shape index (κ3) is 5.67. The number of halogens is 1. The molecule has 0 aliphatic carbocycles. The molecule has 0 saturated heterocycles. The number of carbonyl (C=O) groups is 2. The highest BCUT2D eigenvalue weighted by Gasteiger charge is 2.06. The van der Waals surface area contributed by atoms with E-state index in [0.717, 1.165) is 0 Å². The number of aliphatic carboxylic acids is 1. The number of thioether (sulfide) groups is 1. The first kappa shape index (κ1) is 14.5. The molecule has 0 aliphatic heterocycles. The fraction of sp³-hybridized carbons (Fsp3) is 0.333. The van der Waals surface area contributed by atoms with Gasteiger partial charge in [-0.1, -0.05) is 18.2 Å². The number of amides is 1. The molecule has 0 fully saturated rings. The van der Waals surface area contributed by atoms with Gasteiger partial charge in [0.05, 0.1) is 12.2 Å². The second-order valence-corrected chi connectivity index (χ2v) is 4.67. The molecule has 1 aromatic rings. The molecular weight excluding hydrogens is 257 g/mol. The largest absolute Gasteiger partial charge is 0.481 e. The van der Waals surface area contributed by atoms with Gasteiger partial charge in [0, 0.05) is 12.3 Å². The van der Waals surface area contributed by atoms with Crippen molar-refractivity contribution in [1.29, 1.82) is 0 Å². The Hall–Kier alpha value is -1.56. The van der Waals surface area contributed by atoms with E-state index in [0.29, 0.717) is 17.9 Å². The molecule has 0 spiro atoms. The summed E-state index contributed by atoms with van der Waals surface area (Å²) < 4.78 is 13.2.